The number of phenolic OH excluding ortho intramolecular Hbond substituents is 1. The molecule has 0 aliphatic carbocycles. The minimum Gasteiger partial charge on any atom is -0.505 e. The van der Waals surface area contributed by atoms with Gasteiger partial charge in [-0.2, -0.15) is 0 Å². The summed E-state index contributed by atoms with van der Waals surface area (Å²) >= 11 is 12.5. The minimum absolute atomic E-state index is 0.0878. The highest BCUT2D eigenvalue weighted by molar-refractivity contribution is 6.37. The van der Waals surface area contributed by atoms with Crippen LogP contribution in [0.2, 0.25) is 10.0 Å². The molecule has 58 heavy (non-hydrogen) atoms. The van der Waals surface area contributed by atoms with Crippen molar-refractivity contribution in [2.24, 2.45) is 11.8 Å². The van der Waals surface area contributed by atoms with Crippen molar-refractivity contribution in [3.05, 3.63) is 101 Å². The SMILES string of the molecule is C=C/C=C(\C)[C@@H](C[C@@H]1O[C@@]1(C)C(=O)N(C)[C@H](C(=O)N[C@H](Cc1cc(Cl)c(O)c(Cl)c1)C(=O)N[C@@H](C(=O)O[C@H](c1ccccc1)C(C)C=C)C(C)(C)O)[C@@H](C)CC)OC. The van der Waals surface area contributed by atoms with E-state index < -0.39 is 65.2 Å². The smallest absolute Gasteiger partial charge is 0.332 e. The molecule has 318 valence electrons. The summed E-state index contributed by atoms with van der Waals surface area (Å²) in [5, 5.41) is 26.7. The lowest BCUT2D eigenvalue weighted by Crippen LogP contribution is -2.61. The fraction of sp³-hybridized carbons (Fsp3) is 0.500. The first-order valence-electron chi connectivity index (χ1n) is 19.3. The van der Waals surface area contributed by atoms with Gasteiger partial charge in [0.25, 0.3) is 5.91 Å². The topological polar surface area (TPSA) is 167 Å². The van der Waals surface area contributed by atoms with Crippen molar-refractivity contribution in [2.75, 3.05) is 14.2 Å². The molecule has 1 aliphatic rings. The van der Waals surface area contributed by atoms with Gasteiger partial charge in [0.1, 0.15) is 18.2 Å². The van der Waals surface area contributed by atoms with Gasteiger partial charge in [0.05, 0.1) is 27.9 Å². The van der Waals surface area contributed by atoms with E-state index in [9.17, 15) is 29.4 Å². The number of aliphatic hydroxyl groups is 1. The Labute approximate surface area is 352 Å². The van der Waals surface area contributed by atoms with Gasteiger partial charge >= 0.3 is 5.97 Å². The number of allylic oxidation sites excluding steroid dienone is 2. The van der Waals surface area contributed by atoms with E-state index in [0.717, 1.165) is 5.57 Å². The van der Waals surface area contributed by atoms with E-state index in [1.807, 2.05) is 39.8 Å². The first-order valence-corrected chi connectivity index (χ1v) is 20.1. The quantitative estimate of drug-likeness (QED) is 0.0466. The molecule has 0 spiro atoms. The molecule has 14 heteroatoms. The van der Waals surface area contributed by atoms with Crippen LogP contribution in [0, 0.1) is 11.8 Å². The van der Waals surface area contributed by atoms with Crippen molar-refractivity contribution in [3.63, 3.8) is 0 Å². The number of nitrogens with one attached hydrogen (secondary N) is 2. The summed E-state index contributed by atoms with van der Waals surface area (Å²) in [6, 6.07) is 7.71. The maximum Gasteiger partial charge on any atom is 0.332 e. The second-order valence-corrected chi connectivity index (χ2v) is 16.5. The Morgan fingerprint density at radius 1 is 1.07 bits per heavy atom. The van der Waals surface area contributed by atoms with Crippen LogP contribution in [0.25, 0.3) is 0 Å². The second kappa shape index (κ2) is 20.7. The molecular weight excluding hydrogens is 785 g/mol. The van der Waals surface area contributed by atoms with Crippen LogP contribution in [0.5, 0.6) is 5.75 Å². The molecule has 9 atom stereocenters. The fourth-order valence-electron chi connectivity index (χ4n) is 6.84. The predicted octanol–water partition coefficient (Wildman–Crippen LogP) is 6.66. The number of epoxide rings is 1. The number of methoxy groups -OCH3 is 1. The highest BCUT2D eigenvalue weighted by Crippen LogP contribution is 2.42. The third-order valence-electron chi connectivity index (χ3n) is 10.8. The first kappa shape index (κ1) is 48.2. The van der Waals surface area contributed by atoms with Gasteiger partial charge in [-0.15, -0.1) is 6.58 Å². The Morgan fingerprint density at radius 3 is 2.19 bits per heavy atom. The number of nitrogens with zero attached hydrogens (tertiary/aromatic N) is 1. The largest absolute Gasteiger partial charge is 0.505 e. The third-order valence-corrected chi connectivity index (χ3v) is 11.3. The fourth-order valence-corrected chi connectivity index (χ4v) is 7.37. The van der Waals surface area contributed by atoms with Crippen LogP contribution in [0.3, 0.4) is 0 Å². The van der Waals surface area contributed by atoms with E-state index in [4.69, 9.17) is 37.4 Å². The standard InChI is InChI=1S/C44H59Cl2N3O9/c1-12-18-27(6)33(56-11)24-34-44(9,58-34)42(54)49(10)35(25(4)13-2)40(52)47-32(23-28-21-30(45)36(50)31(46)22-28)39(51)48-38(43(7,8)55)41(53)57-37(26(5)14-3)29-19-16-15-17-20-29/h12,14-22,25-26,32-35,37-38,50,55H,1,3,13,23-24H2,2,4-11H3,(H,47,52)(H,48,51)/b27-18+/t25-,26?,32+,33+,34-,35-,37-,38-,44+/m0/s1. The number of aromatic hydroxyl groups is 1. The molecule has 3 rings (SSSR count). The molecule has 1 unspecified atom stereocenters. The van der Waals surface area contributed by atoms with E-state index in [-0.39, 0.29) is 40.2 Å². The number of amides is 3. The maximum atomic E-state index is 14.4. The Morgan fingerprint density at radius 2 is 1.67 bits per heavy atom. The average Bonchev–Trinajstić information content (AvgIpc) is 3.85. The van der Waals surface area contributed by atoms with Crippen molar-refractivity contribution >= 4 is 46.9 Å². The number of carbonyl (C=O) groups excluding carboxylic acids is 4. The first-order chi connectivity index (χ1) is 27.1. The van der Waals surface area contributed by atoms with Crippen LogP contribution in [-0.2, 0) is 39.8 Å². The summed E-state index contributed by atoms with van der Waals surface area (Å²) in [5.74, 6) is -3.95. The zero-order chi connectivity index (χ0) is 43.7. The number of rotatable bonds is 21. The molecule has 2 aromatic rings. The molecule has 0 bridgehead atoms. The molecule has 1 fully saturated rings. The van der Waals surface area contributed by atoms with Gasteiger partial charge in [0.15, 0.2) is 17.4 Å². The van der Waals surface area contributed by atoms with Gasteiger partial charge in [-0.1, -0.05) is 106 Å². The molecule has 4 N–H and O–H groups in total. The number of hydrogen-bond donors (Lipinski definition) is 4. The van der Waals surface area contributed by atoms with Crippen LogP contribution >= 0.6 is 23.2 Å². The number of ether oxygens (including phenoxy) is 3. The van der Waals surface area contributed by atoms with Gasteiger partial charge in [0.2, 0.25) is 11.8 Å². The van der Waals surface area contributed by atoms with Crippen molar-refractivity contribution in [3.8, 4) is 5.75 Å². The van der Waals surface area contributed by atoms with Crippen LogP contribution in [0.4, 0.5) is 0 Å². The molecular formula is C44H59Cl2N3O9. The van der Waals surface area contributed by atoms with Gasteiger partial charge in [-0.25, -0.2) is 4.79 Å². The normalized spacial score (nSPS) is 20.3. The number of hydrogen-bond acceptors (Lipinski definition) is 9. The summed E-state index contributed by atoms with van der Waals surface area (Å²) in [6.45, 7) is 19.3. The van der Waals surface area contributed by atoms with Crippen molar-refractivity contribution in [1.29, 1.82) is 0 Å². The zero-order valence-corrected chi connectivity index (χ0v) is 36.4. The van der Waals surface area contributed by atoms with Gasteiger partial charge < -0.3 is 40.0 Å². The Hall–Kier alpha value is -4.20. The Kier molecular flexibility index (Phi) is 17.2. The maximum absolute atomic E-state index is 14.4. The van der Waals surface area contributed by atoms with Crippen molar-refractivity contribution in [2.45, 2.75) is 115 Å². The lowest BCUT2D eigenvalue weighted by molar-refractivity contribution is -0.162. The number of halogens is 2. The zero-order valence-electron chi connectivity index (χ0n) is 34.9. The number of likely N-dealkylation sites (N-methyl/N-ethyl adjacent to an activating group) is 1. The number of esters is 1. The monoisotopic (exact) mass is 843 g/mol. The van der Waals surface area contributed by atoms with Crippen LogP contribution < -0.4 is 10.6 Å². The molecule has 2 aromatic carbocycles. The van der Waals surface area contributed by atoms with Crippen LogP contribution in [-0.4, -0.2) is 94.5 Å². The summed E-state index contributed by atoms with van der Waals surface area (Å²) in [7, 11) is 3.09. The van der Waals surface area contributed by atoms with E-state index in [2.05, 4.69) is 23.8 Å². The van der Waals surface area contributed by atoms with Gasteiger partial charge in [0, 0.05) is 32.9 Å². The molecule has 1 aliphatic heterocycles. The molecule has 0 aromatic heterocycles. The molecule has 0 saturated carbocycles. The van der Waals surface area contributed by atoms with Crippen LogP contribution in [0.15, 0.2) is 79.4 Å². The number of phenols is 1. The summed E-state index contributed by atoms with van der Waals surface area (Å²) in [4.78, 5) is 58.1. The van der Waals surface area contributed by atoms with Crippen molar-refractivity contribution in [1.82, 2.24) is 15.5 Å². The highest BCUT2D eigenvalue weighted by Gasteiger charge is 2.61. The molecule has 3 amide bonds. The van der Waals surface area contributed by atoms with Gasteiger partial charge in [-0.3, -0.25) is 14.4 Å². The highest BCUT2D eigenvalue weighted by atomic mass is 35.5. The van der Waals surface area contributed by atoms with Crippen molar-refractivity contribution < 1.29 is 43.6 Å². The third kappa shape index (κ3) is 11.9. The molecule has 12 nitrogen and oxygen atoms in total. The molecule has 1 heterocycles. The van der Waals surface area contributed by atoms with Gasteiger partial charge in [-0.05, 0) is 62.4 Å². The average molecular weight is 845 g/mol. The lowest BCUT2D eigenvalue weighted by atomic mass is 9.93. The van der Waals surface area contributed by atoms with Crippen LogP contribution in [0.1, 0.15) is 78.5 Å². The Balaban J connectivity index is 1.97. The Bertz CT molecular complexity index is 1810. The molecule has 0 radical (unpaired) electrons. The van der Waals surface area contributed by atoms with E-state index in [0.29, 0.717) is 24.0 Å². The van der Waals surface area contributed by atoms with E-state index >= 15 is 0 Å². The minimum atomic E-state index is -1.84. The summed E-state index contributed by atoms with van der Waals surface area (Å²) < 4.78 is 17.5. The molecule has 1 saturated heterocycles. The van der Waals surface area contributed by atoms with E-state index in [1.54, 1.807) is 50.5 Å². The summed E-state index contributed by atoms with van der Waals surface area (Å²) in [6.07, 6.45) is 4.19. The lowest BCUT2D eigenvalue weighted by Gasteiger charge is -2.35. The predicted molar refractivity (Wildman–Crippen MR) is 225 cm³/mol. The number of carbonyl (C=O) groups is 4. The summed E-state index contributed by atoms with van der Waals surface area (Å²) in [5.41, 5.74) is -1.12. The second-order valence-electron chi connectivity index (χ2n) is 15.7. The number of benzene rings is 2. The van der Waals surface area contributed by atoms with E-state index in [1.165, 1.54) is 37.9 Å².